The van der Waals surface area contributed by atoms with Crippen molar-refractivity contribution in [3.63, 3.8) is 0 Å². The Hall–Kier alpha value is -2.48. The van der Waals surface area contributed by atoms with Crippen LogP contribution in [0, 0.1) is 0 Å². The van der Waals surface area contributed by atoms with Crippen molar-refractivity contribution in [3.05, 3.63) is 42.2 Å². The molecule has 0 spiro atoms. The Bertz CT molecular complexity index is 862. The number of hydrogen-bond acceptors (Lipinski definition) is 5. The van der Waals surface area contributed by atoms with Crippen LogP contribution >= 0.6 is 11.7 Å². The normalized spacial score (nSPS) is 17.5. The van der Waals surface area contributed by atoms with Crippen LogP contribution in [0.25, 0.3) is 11.0 Å². The van der Waals surface area contributed by atoms with Gasteiger partial charge in [0.2, 0.25) is 0 Å². The number of benzene rings is 1. The van der Waals surface area contributed by atoms with Crippen molar-refractivity contribution in [2.45, 2.75) is 44.8 Å². The van der Waals surface area contributed by atoms with E-state index in [0.717, 1.165) is 48.9 Å². The van der Waals surface area contributed by atoms with Gasteiger partial charge in [-0.2, -0.15) is 13.8 Å². The third-order valence-corrected chi connectivity index (χ3v) is 5.46. The molecular formula is C18H22N6OS. The monoisotopic (exact) mass is 370 g/mol. The lowest BCUT2D eigenvalue weighted by molar-refractivity contribution is 0.143. The van der Waals surface area contributed by atoms with Crippen LogP contribution in [0.4, 0.5) is 4.79 Å². The Morgan fingerprint density at radius 1 is 1.27 bits per heavy atom. The van der Waals surface area contributed by atoms with Crippen LogP contribution in [-0.2, 0) is 13.1 Å². The summed E-state index contributed by atoms with van der Waals surface area (Å²) in [5.74, 6) is 0. The fraction of sp³-hybridized carbons (Fsp3) is 0.444. The standard InChI is InChI=1S/C18H22N6OS/c25-18(19-13-14-5-6-16-17(12-14)22-26-21-16)24-10-2-1-4-15(24)7-11-23-9-3-8-20-23/h3,5-6,8-9,12,15H,1-2,4,7,10-11,13H2,(H,19,25)/t15-/m0/s1. The molecule has 1 atom stereocenters. The molecule has 1 fully saturated rings. The Morgan fingerprint density at radius 3 is 3.08 bits per heavy atom. The summed E-state index contributed by atoms with van der Waals surface area (Å²) < 4.78 is 10.4. The highest BCUT2D eigenvalue weighted by atomic mass is 32.1. The molecule has 1 aromatic carbocycles. The number of fused-ring (bicyclic) bond motifs is 1. The van der Waals surface area contributed by atoms with Crippen LogP contribution in [0.5, 0.6) is 0 Å². The number of piperidine rings is 1. The molecule has 0 bridgehead atoms. The minimum Gasteiger partial charge on any atom is -0.334 e. The van der Waals surface area contributed by atoms with E-state index in [4.69, 9.17) is 0 Å². The Labute approximate surface area is 156 Å². The van der Waals surface area contributed by atoms with E-state index in [2.05, 4.69) is 19.2 Å². The van der Waals surface area contributed by atoms with Crippen LogP contribution in [0.3, 0.4) is 0 Å². The number of carbonyl (C=O) groups excluding carboxylic acids is 1. The van der Waals surface area contributed by atoms with Crippen LogP contribution in [-0.4, -0.2) is 42.0 Å². The zero-order chi connectivity index (χ0) is 17.8. The maximum Gasteiger partial charge on any atom is 0.317 e. The zero-order valence-electron chi connectivity index (χ0n) is 14.5. The van der Waals surface area contributed by atoms with Gasteiger partial charge in [-0.25, -0.2) is 4.79 Å². The van der Waals surface area contributed by atoms with Crippen LogP contribution in [0.15, 0.2) is 36.7 Å². The topological polar surface area (TPSA) is 75.9 Å². The van der Waals surface area contributed by atoms with Gasteiger partial charge in [0.15, 0.2) is 0 Å². The molecule has 0 unspecified atom stereocenters. The Balaban J connectivity index is 1.35. The SMILES string of the molecule is O=C(NCc1ccc2nsnc2c1)N1CCCC[C@H]1CCn1cccn1. The maximum atomic E-state index is 12.7. The Morgan fingerprint density at radius 2 is 2.19 bits per heavy atom. The lowest BCUT2D eigenvalue weighted by atomic mass is 10.00. The summed E-state index contributed by atoms with van der Waals surface area (Å²) in [4.78, 5) is 14.7. The van der Waals surface area contributed by atoms with E-state index in [1.807, 2.05) is 40.0 Å². The zero-order valence-corrected chi connectivity index (χ0v) is 15.4. The number of nitrogens with one attached hydrogen (secondary N) is 1. The molecule has 7 nitrogen and oxygen atoms in total. The molecule has 1 N–H and O–H groups in total. The largest absolute Gasteiger partial charge is 0.334 e. The number of aromatic nitrogens is 4. The molecule has 26 heavy (non-hydrogen) atoms. The van der Waals surface area contributed by atoms with Gasteiger partial charge in [-0.1, -0.05) is 6.07 Å². The predicted molar refractivity (Wildman–Crippen MR) is 101 cm³/mol. The smallest absolute Gasteiger partial charge is 0.317 e. The fourth-order valence-electron chi connectivity index (χ4n) is 3.50. The van der Waals surface area contributed by atoms with E-state index in [9.17, 15) is 4.79 Å². The molecule has 1 aliphatic heterocycles. The molecular weight excluding hydrogens is 348 g/mol. The number of urea groups is 1. The Kier molecular flexibility index (Phi) is 5.10. The molecule has 0 saturated carbocycles. The van der Waals surface area contributed by atoms with Crippen LogP contribution in [0.1, 0.15) is 31.2 Å². The summed E-state index contributed by atoms with van der Waals surface area (Å²) in [5, 5.41) is 7.32. The second-order valence-electron chi connectivity index (χ2n) is 6.65. The average Bonchev–Trinajstić information content (AvgIpc) is 3.35. The molecule has 3 aromatic rings. The lowest BCUT2D eigenvalue weighted by Crippen LogP contribution is -2.48. The highest BCUT2D eigenvalue weighted by Gasteiger charge is 2.26. The number of rotatable bonds is 5. The third-order valence-electron chi connectivity index (χ3n) is 4.90. The molecule has 3 heterocycles. The third kappa shape index (κ3) is 3.85. The first-order valence-corrected chi connectivity index (χ1v) is 9.76. The van der Waals surface area contributed by atoms with Gasteiger partial charge in [0.05, 0.1) is 11.7 Å². The minimum absolute atomic E-state index is 0.0201. The van der Waals surface area contributed by atoms with Crippen molar-refractivity contribution in [3.8, 4) is 0 Å². The summed E-state index contributed by atoms with van der Waals surface area (Å²) in [5.41, 5.74) is 2.83. The number of carbonyl (C=O) groups is 1. The first kappa shape index (κ1) is 17.0. The molecule has 2 amide bonds. The number of hydrogen-bond donors (Lipinski definition) is 1. The minimum atomic E-state index is 0.0201. The first-order valence-electron chi connectivity index (χ1n) is 9.03. The van der Waals surface area contributed by atoms with Crippen molar-refractivity contribution in [2.75, 3.05) is 6.54 Å². The summed E-state index contributed by atoms with van der Waals surface area (Å²) in [6.07, 6.45) is 8.01. The van der Waals surface area contributed by atoms with Crippen molar-refractivity contribution in [1.82, 2.24) is 28.7 Å². The lowest BCUT2D eigenvalue weighted by Gasteiger charge is -2.35. The molecule has 1 aliphatic rings. The summed E-state index contributed by atoms with van der Waals surface area (Å²) in [7, 11) is 0. The first-order chi connectivity index (χ1) is 12.8. The van der Waals surface area contributed by atoms with E-state index in [1.54, 1.807) is 6.20 Å². The number of aryl methyl sites for hydroxylation is 1. The molecule has 8 heteroatoms. The molecule has 136 valence electrons. The van der Waals surface area contributed by atoms with Gasteiger partial charge in [-0.3, -0.25) is 4.68 Å². The van der Waals surface area contributed by atoms with Gasteiger partial charge >= 0.3 is 6.03 Å². The number of amides is 2. The average molecular weight is 370 g/mol. The maximum absolute atomic E-state index is 12.7. The van der Waals surface area contributed by atoms with Gasteiger partial charge in [0, 0.05) is 38.1 Å². The number of nitrogens with zero attached hydrogens (tertiary/aromatic N) is 5. The van der Waals surface area contributed by atoms with Crippen LogP contribution in [0.2, 0.25) is 0 Å². The van der Waals surface area contributed by atoms with Crippen molar-refractivity contribution >= 4 is 28.8 Å². The van der Waals surface area contributed by atoms with E-state index in [0.29, 0.717) is 6.54 Å². The van der Waals surface area contributed by atoms with Gasteiger partial charge in [0.25, 0.3) is 0 Å². The van der Waals surface area contributed by atoms with Gasteiger partial charge < -0.3 is 10.2 Å². The van der Waals surface area contributed by atoms with Gasteiger partial charge in [-0.15, -0.1) is 0 Å². The molecule has 2 aromatic heterocycles. The molecule has 4 rings (SSSR count). The molecule has 0 aliphatic carbocycles. The van der Waals surface area contributed by atoms with Gasteiger partial charge in [0.1, 0.15) is 11.0 Å². The second kappa shape index (κ2) is 7.82. The highest BCUT2D eigenvalue weighted by molar-refractivity contribution is 7.00. The van der Waals surface area contributed by atoms with Crippen LogP contribution < -0.4 is 5.32 Å². The molecule has 0 radical (unpaired) electrons. The summed E-state index contributed by atoms with van der Waals surface area (Å²) in [6, 6.07) is 8.17. The van der Waals surface area contributed by atoms with E-state index >= 15 is 0 Å². The van der Waals surface area contributed by atoms with Gasteiger partial charge in [-0.05, 0) is 49.4 Å². The molecule has 1 saturated heterocycles. The number of likely N-dealkylation sites (tertiary alicyclic amines) is 1. The quantitative estimate of drug-likeness (QED) is 0.749. The van der Waals surface area contributed by atoms with E-state index < -0.39 is 0 Å². The predicted octanol–water partition coefficient (Wildman–Crippen LogP) is 3.04. The van der Waals surface area contributed by atoms with Crippen molar-refractivity contribution < 1.29 is 4.79 Å². The van der Waals surface area contributed by atoms with E-state index in [1.165, 1.54) is 18.1 Å². The van der Waals surface area contributed by atoms with E-state index in [-0.39, 0.29) is 12.1 Å². The fourth-order valence-corrected chi connectivity index (χ4v) is 4.02. The summed E-state index contributed by atoms with van der Waals surface area (Å²) >= 11 is 1.21. The van der Waals surface area contributed by atoms with Crippen molar-refractivity contribution in [2.24, 2.45) is 0 Å². The highest BCUT2D eigenvalue weighted by Crippen LogP contribution is 2.20. The summed E-state index contributed by atoms with van der Waals surface area (Å²) in [6.45, 7) is 2.17. The second-order valence-corrected chi connectivity index (χ2v) is 7.18. The van der Waals surface area contributed by atoms with Crippen molar-refractivity contribution in [1.29, 1.82) is 0 Å².